The van der Waals surface area contributed by atoms with Crippen LogP contribution in [0.15, 0.2) is 23.8 Å². The number of esters is 1. The lowest BCUT2D eigenvalue weighted by Crippen LogP contribution is -2.62. The van der Waals surface area contributed by atoms with Gasteiger partial charge in [-0.05, 0) is 68.9 Å². The number of methoxy groups -OCH3 is 1. The van der Waals surface area contributed by atoms with Crippen molar-refractivity contribution in [1.82, 2.24) is 4.90 Å². The van der Waals surface area contributed by atoms with E-state index in [0.717, 1.165) is 12.0 Å². The van der Waals surface area contributed by atoms with E-state index in [1.165, 1.54) is 4.90 Å². The highest BCUT2D eigenvalue weighted by molar-refractivity contribution is 6.09. The number of ether oxygens (including phenoxy) is 3. The van der Waals surface area contributed by atoms with Crippen molar-refractivity contribution in [3.05, 3.63) is 23.8 Å². The highest BCUT2D eigenvalue weighted by Gasteiger charge is 2.54. The molecule has 2 aliphatic heterocycles. The zero-order valence-corrected chi connectivity index (χ0v) is 23.4. The predicted octanol–water partition coefficient (Wildman–Crippen LogP) is 3.07. The fraction of sp³-hybridized carbons (Fsp3) is 0.759. The number of hydrogen-bond acceptors (Lipinski definition) is 8. The molecule has 9 heteroatoms. The molecule has 0 radical (unpaired) electrons. The summed E-state index contributed by atoms with van der Waals surface area (Å²) in [5, 5.41) is 21.3. The van der Waals surface area contributed by atoms with Gasteiger partial charge in [0.2, 0.25) is 5.78 Å². The minimum absolute atomic E-state index is 0.0296. The van der Waals surface area contributed by atoms with Gasteiger partial charge in [0.1, 0.15) is 18.2 Å². The Morgan fingerprint density at radius 2 is 1.97 bits per heavy atom. The zero-order valence-electron chi connectivity index (χ0n) is 23.4. The van der Waals surface area contributed by atoms with E-state index < -0.39 is 53.7 Å². The number of carbonyl (C=O) groups excluding carboxylic acids is 3. The van der Waals surface area contributed by atoms with Gasteiger partial charge in [0, 0.05) is 19.6 Å². The van der Waals surface area contributed by atoms with E-state index in [1.54, 1.807) is 14.0 Å². The summed E-state index contributed by atoms with van der Waals surface area (Å²) in [5.74, 6) is -5.24. The average Bonchev–Trinajstić information content (AvgIpc) is 3.02. The molecule has 2 N–H and O–H groups in total. The summed E-state index contributed by atoms with van der Waals surface area (Å²) in [6, 6.07) is -0.910. The lowest BCUT2D eigenvalue weighted by Gasteiger charge is -2.39. The van der Waals surface area contributed by atoms with Crippen LogP contribution in [0.2, 0.25) is 0 Å². The fourth-order valence-corrected chi connectivity index (χ4v) is 5.39. The van der Waals surface area contributed by atoms with Crippen molar-refractivity contribution in [2.24, 2.45) is 11.8 Å². The molecule has 3 rings (SSSR count). The summed E-state index contributed by atoms with van der Waals surface area (Å²) >= 11 is 0. The number of hydrogen-bond donors (Lipinski definition) is 2. The standard InChI is InChI=1S/C29H45NO8/c1-6-21-13-10-19(4)26(32)29(35,38-21)28(34)30-16-8-7-9-22(30)27(33)37-24(18(2)3)15-12-20-11-14-23(31)25(17-20)36-5/h12,15,17-19,21-25,31,35H,6-11,13-14,16H2,1-5H3/b15-12+. The van der Waals surface area contributed by atoms with E-state index in [9.17, 15) is 24.6 Å². The van der Waals surface area contributed by atoms with E-state index in [1.807, 2.05) is 39.0 Å². The molecule has 0 bridgehead atoms. The second-order valence-corrected chi connectivity index (χ2v) is 11.2. The maximum Gasteiger partial charge on any atom is 0.329 e. The summed E-state index contributed by atoms with van der Waals surface area (Å²) in [6.07, 6.45) is 8.41. The van der Waals surface area contributed by atoms with Gasteiger partial charge in [0.15, 0.2) is 0 Å². The predicted molar refractivity (Wildman–Crippen MR) is 141 cm³/mol. The first kappa shape index (κ1) is 30.5. The highest BCUT2D eigenvalue weighted by atomic mass is 16.6. The number of aliphatic hydroxyl groups is 2. The highest BCUT2D eigenvalue weighted by Crippen LogP contribution is 2.32. The van der Waals surface area contributed by atoms with Crippen LogP contribution in [-0.2, 0) is 28.6 Å². The number of allylic oxidation sites excluding steroid dienone is 2. The molecule has 9 nitrogen and oxygen atoms in total. The molecule has 38 heavy (non-hydrogen) atoms. The zero-order chi connectivity index (χ0) is 28.0. The summed E-state index contributed by atoms with van der Waals surface area (Å²) in [7, 11) is 1.56. The second kappa shape index (κ2) is 13.3. The van der Waals surface area contributed by atoms with E-state index in [-0.39, 0.29) is 18.6 Å². The SMILES string of the molecule is CCC1CCC(C)C(=O)C(O)(C(=O)N2CCCCC2C(=O)OC(/C=C/C2=CC(OC)C(O)CC2)C(C)C)O1. The van der Waals surface area contributed by atoms with Crippen molar-refractivity contribution in [2.75, 3.05) is 13.7 Å². The van der Waals surface area contributed by atoms with Gasteiger partial charge in [-0.25, -0.2) is 4.79 Å². The van der Waals surface area contributed by atoms with Crippen molar-refractivity contribution in [1.29, 1.82) is 0 Å². The van der Waals surface area contributed by atoms with Crippen LogP contribution in [0.3, 0.4) is 0 Å². The number of rotatable bonds is 8. The van der Waals surface area contributed by atoms with Gasteiger partial charge in [0.05, 0.1) is 12.2 Å². The van der Waals surface area contributed by atoms with Crippen molar-refractivity contribution in [3.8, 4) is 0 Å². The first-order valence-corrected chi connectivity index (χ1v) is 14.1. The number of likely N-dealkylation sites (tertiary alicyclic amines) is 1. The molecule has 0 saturated carbocycles. The second-order valence-electron chi connectivity index (χ2n) is 11.2. The molecule has 2 fully saturated rings. The molecule has 0 aromatic heterocycles. The molecule has 7 atom stereocenters. The summed E-state index contributed by atoms with van der Waals surface area (Å²) in [6.45, 7) is 7.70. The van der Waals surface area contributed by atoms with E-state index >= 15 is 0 Å². The van der Waals surface area contributed by atoms with Crippen molar-refractivity contribution >= 4 is 17.7 Å². The van der Waals surface area contributed by atoms with E-state index in [2.05, 4.69) is 0 Å². The van der Waals surface area contributed by atoms with Crippen LogP contribution in [0.5, 0.6) is 0 Å². The Balaban J connectivity index is 1.77. The van der Waals surface area contributed by atoms with Crippen molar-refractivity contribution in [3.63, 3.8) is 0 Å². The molecule has 2 heterocycles. The number of carbonyl (C=O) groups is 3. The molecular weight excluding hydrogens is 490 g/mol. The Hall–Kier alpha value is -2.07. The topological polar surface area (TPSA) is 123 Å². The Bertz CT molecular complexity index is 914. The number of piperidine rings is 1. The fourth-order valence-electron chi connectivity index (χ4n) is 5.39. The third-order valence-electron chi connectivity index (χ3n) is 7.99. The van der Waals surface area contributed by atoms with E-state index in [4.69, 9.17) is 14.2 Å². The minimum atomic E-state index is -2.60. The molecule has 1 amide bonds. The van der Waals surface area contributed by atoms with Gasteiger partial charge in [-0.3, -0.25) is 9.59 Å². The van der Waals surface area contributed by atoms with Gasteiger partial charge in [0.25, 0.3) is 5.91 Å². The molecule has 1 aliphatic carbocycles. The van der Waals surface area contributed by atoms with Crippen LogP contribution < -0.4 is 0 Å². The first-order valence-electron chi connectivity index (χ1n) is 14.1. The minimum Gasteiger partial charge on any atom is -0.456 e. The molecule has 7 unspecified atom stereocenters. The van der Waals surface area contributed by atoms with Crippen LogP contribution in [0.25, 0.3) is 0 Å². The lowest BCUT2D eigenvalue weighted by molar-refractivity contribution is -0.229. The van der Waals surface area contributed by atoms with Crippen LogP contribution in [0.1, 0.15) is 79.1 Å². The van der Waals surface area contributed by atoms with Crippen LogP contribution in [0.4, 0.5) is 0 Å². The molecule has 214 valence electrons. The van der Waals surface area contributed by atoms with Crippen molar-refractivity contribution in [2.45, 2.75) is 115 Å². The third-order valence-corrected chi connectivity index (χ3v) is 7.99. The molecular formula is C29H45NO8. The van der Waals surface area contributed by atoms with Gasteiger partial charge >= 0.3 is 11.8 Å². The van der Waals surface area contributed by atoms with E-state index in [0.29, 0.717) is 44.9 Å². The smallest absolute Gasteiger partial charge is 0.329 e. The molecule has 0 aromatic carbocycles. The van der Waals surface area contributed by atoms with Gasteiger partial charge < -0.3 is 29.3 Å². The Morgan fingerprint density at radius 1 is 1.24 bits per heavy atom. The average molecular weight is 536 g/mol. The number of amides is 1. The number of nitrogens with zero attached hydrogens (tertiary/aromatic N) is 1. The number of ketones is 1. The van der Waals surface area contributed by atoms with Crippen LogP contribution >= 0.6 is 0 Å². The Labute approximate surface area is 226 Å². The van der Waals surface area contributed by atoms with Gasteiger partial charge in [-0.1, -0.05) is 39.8 Å². The van der Waals surface area contributed by atoms with Gasteiger partial charge in [-0.15, -0.1) is 0 Å². The normalized spacial score (nSPS) is 33.7. The number of Topliss-reactive ketones (excluding diaryl/α,β-unsaturated/α-hetero) is 1. The Kier molecular flexibility index (Phi) is 10.7. The number of aliphatic hydroxyl groups excluding tert-OH is 1. The quantitative estimate of drug-likeness (QED) is 0.359. The summed E-state index contributed by atoms with van der Waals surface area (Å²) < 4.78 is 17.0. The maximum atomic E-state index is 13.7. The lowest BCUT2D eigenvalue weighted by atomic mass is 9.93. The van der Waals surface area contributed by atoms with Crippen LogP contribution in [0, 0.1) is 11.8 Å². The van der Waals surface area contributed by atoms with Gasteiger partial charge in [-0.2, -0.15) is 0 Å². The third kappa shape index (κ3) is 6.92. The monoisotopic (exact) mass is 535 g/mol. The van der Waals surface area contributed by atoms with Crippen molar-refractivity contribution < 1.29 is 38.8 Å². The summed E-state index contributed by atoms with van der Waals surface area (Å²) in [4.78, 5) is 41.4. The largest absolute Gasteiger partial charge is 0.456 e. The molecule has 0 aromatic rings. The van der Waals surface area contributed by atoms with Crippen LogP contribution in [-0.4, -0.2) is 82.7 Å². The molecule has 2 saturated heterocycles. The first-order chi connectivity index (χ1) is 18.0. The maximum absolute atomic E-state index is 13.7. The summed E-state index contributed by atoms with van der Waals surface area (Å²) in [5.41, 5.74) is 0.990. The Morgan fingerprint density at radius 3 is 2.63 bits per heavy atom. The molecule has 3 aliphatic rings. The molecule has 0 spiro atoms.